The Labute approximate surface area is 261 Å². The molecule has 0 fully saturated rings. The van der Waals surface area contributed by atoms with Gasteiger partial charge in [0.25, 0.3) is 29.7 Å². The van der Waals surface area contributed by atoms with E-state index in [0.29, 0.717) is 29.3 Å². The van der Waals surface area contributed by atoms with Gasteiger partial charge in [0.05, 0.1) is 11.4 Å². The third-order valence-corrected chi connectivity index (χ3v) is 6.19. The molecular weight excluding hydrogens is 572 g/mol. The Hall–Kier alpha value is -4.48. The van der Waals surface area contributed by atoms with E-state index >= 15 is 0 Å². The maximum atomic E-state index is 9.00. The second-order valence-corrected chi connectivity index (χ2v) is 9.81. The first-order valence-electron chi connectivity index (χ1n) is 14.1. The second kappa shape index (κ2) is 22.1. The highest BCUT2D eigenvalue weighted by molar-refractivity contribution is 5.63. The van der Waals surface area contributed by atoms with E-state index in [1.807, 2.05) is 50.2 Å². The van der Waals surface area contributed by atoms with E-state index in [0.717, 1.165) is 58.1 Å². The minimum atomic E-state index is -0.880. The number of nitrogen functional groups attached to an aromatic ring is 2. The van der Waals surface area contributed by atoms with Crippen molar-refractivity contribution in [2.45, 2.75) is 101 Å². The molecule has 0 saturated heterocycles. The van der Waals surface area contributed by atoms with Crippen LogP contribution in [0, 0.1) is 19.3 Å². The van der Waals surface area contributed by atoms with E-state index < -0.39 is 29.7 Å². The standard InChI is InChI=1S/C24H36N2O2.4C2H4O2/c1-7-23(8-2,9-3)24(10-4,27-21-15-17(5)11-13-19(21)25)28-22-16-18(6)12-14-20(22)26;4*1-2(3)4/h11-16H,7-10,25-26H2,1-6H3;4*1H3,(H,3,4). The fraction of sp³-hybridized carbons (Fsp3) is 0.500. The Bertz CT molecular complexity index is 1050. The van der Waals surface area contributed by atoms with Crippen LogP contribution < -0.4 is 20.9 Å². The molecule has 12 nitrogen and oxygen atoms in total. The summed E-state index contributed by atoms with van der Waals surface area (Å²) in [6, 6.07) is 11.7. The monoisotopic (exact) mass is 624 g/mol. The molecule has 0 aromatic heterocycles. The highest BCUT2D eigenvalue weighted by atomic mass is 16.7. The van der Waals surface area contributed by atoms with Crippen molar-refractivity contribution in [3.05, 3.63) is 47.5 Å². The summed E-state index contributed by atoms with van der Waals surface area (Å²) in [6.45, 7) is 17.1. The molecule has 8 N–H and O–H groups in total. The molecule has 0 aliphatic heterocycles. The summed E-state index contributed by atoms with van der Waals surface area (Å²) in [6.07, 6.45) is 3.44. The van der Waals surface area contributed by atoms with Crippen molar-refractivity contribution in [3.63, 3.8) is 0 Å². The van der Waals surface area contributed by atoms with Crippen molar-refractivity contribution in [2.24, 2.45) is 5.41 Å². The lowest BCUT2D eigenvalue weighted by Crippen LogP contribution is -2.56. The average molecular weight is 625 g/mol. The molecule has 0 aliphatic rings. The van der Waals surface area contributed by atoms with Crippen molar-refractivity contribution < 1.29 is 49.1 Å². The largest absolute Gasteiger partial charge is 0.481 e. The number of hydrogen-bond donors (Lipinski definition) is 6. The van der Waals surface area contributed by atoms with E-state index in [-0.39, 0.29) is 5.41 Å². The molecule has 0 saturated carbocycles. The first-order valence-corrected chi connectivity index (χ1v) is 14.1. The number of carboxylic acids is 4. The Morgan fingerprint density at radius 1 is 0.591 bits per heavy atom. The zero-order valence-corrected chi connectivity index (χ0v) is 27.7. The quantitative estimate of drug-likeness (QED) is 0.128. The Morgan fingerprint density at radius 3 is 1.05 bits per heavy atom. The first kappa shape index (κ1) is 44.0. The molecule has 2 aromatic rings. The van der Waals surface area contributed by atoms with Gasteiger partial charge in [-0.3, -0.25) is 19.2 Å². The summed E-state index contributed by atoms with van der Waals surface area (Å²) < 4.78 is 13.4. The van der Waals surface area contributed by atoms with Gasteiger partial charge in [0.2, 0.25) is 0 Å². The molecule has 0 bridgehead atoms. The van der Waals surface area contributed by atoms with Crippen molar-refractivity contribution in [1.29, 1.82) is 0 Å². The normalized spacial score (nSPS) is 9.95. The summed E-state index contributed by atoms with van der Waals surface area (Å²) in [7, 11) is 0. The van der Waals surface area contributed by atoms with Crippen LogP contribution in [0.4, 0.5) is 11.4 Å². The summed E-state index contributed by atoms with van der Waals surface area (Å²) >= 11 is 0. The predicted octanol–water partition coefficient (Wildman–Crippen LogP) is 6.61. The lowest BCUT2D eigenvalue weighted by Gasteiger charge is -2.49. The second-order valence-electron chi connectivity index (χ2n) is 9.81. The van der Waals surface area contributed by atoms with Crippen LogP contribution in [0.3, 0.4) is 0 Å². The van der Waals surface area contributed by atoms with Crippen LogP contribution in [0.15, 0.2) is 36.4 Å². The Balaban J connectivity index is -0.000000866. The molecule has 0 unspecified atom stereocenters. The van der Waals surface area contributed by atoms with Crippen LogP contribution in [0.2, 0.25) is 0 Å². The first-order chi connectivity index (χ1) is 20.2. The summed E-state index contributed by atoms with van der Waals surface area (Å²) in [5.74, 6) is -2.89. The van der Waals surface area contributed by atoms with E-state index in [1.54, 1.807) is 0 Å². The van der Waals surface area contributed by atoms with Crippen LogP contribution in [0.25, 0.3) is 0 Å². The van der Waals surface area contributed by atoms with Gasteiger partial charge in [-0.05, 0) is 68.5 Å². The lowest BCUT2D eigenvalue weighted by atomic mass is 9.71. The third kappa shape index (κ3) is 18.1. The van der Waals surface area contributed by atoms with Gasteiger partial charge >= 0.3 is 0 Å². The van der Waals surface area contributed by atoms with E-state index in [1.165, 1.54) is 0 Å². The van der Waals surface area contributed by atoms with Gasteiger partial charge in [0.15, 0.2) is 0 Å². The number of benzene rings is 2. The van der Waals surface area contributed by atoms with Crippen molar-refractivity contribution in [1.82, 2.24) is 0 Å². The van der Waals surface area contributed by atoms with Crippen molar-refractivity contribution in [2.75, 3.05) is 11.5 Å². The number of hydrogen-bond acceptors (Lipinski definition) is 8. The molecule has 0 radical (unpaired) electrons. The van der Waals surface area contributed by atoms with Gasteiger partial charge in [-0.25, -0.2) is 0 Å². The number of ether oxygens (including phenoxy) is 2. The van der Waals surface area contributed by atoms with Crippen LogP contribution in [-0.4, -0.2) is 50.1 Å². The fourth-order valence-corrected chi connectivity index (χ4v) is 4.13. The molecule has 0 atom stereocenters. The Morgan fingerprint density at radius 2 is 0.841 bits per heavy atom. The van der Waals surface area contributed by atoms with Gasteiger partial charge < -0.3 is 41.4 Å². The molecular formula is C32H52N2O10. The number of carboxylic acid groups (broad SMARTS) is 4. The Kier molecular flexibility index (Phi) is 22.1. The smallest absolute Gasteiger partial charge is 0.300 e. The SMILES string of the molecule is CC(=O)O.CC(=O)O.CC(=O)O.CC(=O)O.CCC(CC)(CC)C(CC)(Oc1cc(C)ccc1N)Oc1cc(C)ccc1N. The number of anilines is 2. The maximum Gasteiger partial charge on any atom is 0.300 e. The summed E-state index contributed by atoms with van der Waals surface area (Å²) in [5.41, 5.74) is 15.8. The molecule has 0 heterocycles. The zero-order valence-electron chi connectivity index (χ0n) is 27.7. The van der Waals surface area contributed by atoms with Gasteiger partial charge in [-0.1, -0.05) is 39.8 Å². The zero-order chi connectivity index (χ0) is 35.3. The molecule has 2 aromatic carbocycles. The van der Waals surface area contributed by atoms with E-state index in [2.05, 4.69) is 27.7 Å². The van der Waals surface area contributed by atoms with Crippen LogP contribution >= 0.6 is 0 Å². The molecule has 44 heavy (non-hydrogen) atoms. The summed E-state index contributed by atoms with van der Waals surface area (Å²) in [4.78, 5) is 36.0. The fourth-order valence-electron chi connectivity index (χ4n) is 4.13. The molecule has 2 rings (SSSR count). The minimum absolute atomic E-state index is 0.186. The molecule has 250 valence electrons. The number of aryl methyl sites for hydroxylation is 2. The van der Waals surface area contributed by atoms with Crippen molar-refractivity contribution >= 4 is 35.3 Å². The minimum Gasteiger partial charge on any atom is -0.481 e. The molecule has 0 amide bonds. The predicted molar refractivity (Wildman–Crippen MR) is 172 cm³/mol. The van der Waals surface area contributed by atoms with Crippen molar-refractivity contribution in [3.8, 4) is 11.5 Å². The number of rotatable bonds is 9. The van der Waals surface area contributed by atoms with Gasteiger partial charge in [-0.15, -0.1) is 0 Å². The number of nitrogens with two attached hydrogens (primary N) is 2. The van der Waals surface area contributed by atoms with E-state index in [9.17, 15) is 0 Å². The highest BCUT2D eigenvalue weighted by Crippen LogP contribution is 2.49. The molecule has 0 spiro atoms. The van der Waals surface area contributed by atoms with Gasteiger partial charge in [-0.2, -0.15) is 0 Å². The topological polar surface area (TPSA) is 220 Å². The van der Waals surface area contributed by atoms with Crippen LogP contribution in [0.5, 0.6) is 11.5 Å². The van der Waals surface area contributed by atoms with Crippen LogP contribution in [0.1, 0.15) is 92.2 Å². The van der Waals surface area contributed by atoms with Gasteiger partial charge in [0, 0.05) is 39.5 Å². The average Bonchev–Trinajstić information content (AvgIpc) is 2.88. The van der Waals surface area contributed by atoms with Crippen LogP contribution in [-0.2, 0) is 19.2 Å². The molecule has 12 heteroatoms. The van der Waals surface area contributed by atoms with E-state index in [4.69, 9.17) is 60.5 Å². The lowest BCUT2D eigenvalue weighted by molar-refractivity contribution is -0.210. The molecule has 0 aliphatic carbocycles. The number of aliphatic carboxylic acids is 4. The van der Waals surface area contributed by atoms with Gasteiger partial charge in [0.1, 0.15) is 11.5 Å². The summed E-state index contributed by atoms with van der Waals surface area (Å²) in [5, 5.41) is 29.7. The third-order valence-electron chi connectivity index (χ3n) is 6.19. The highest BCUT2D eigenvalue weighted by Gasteiger charge is 2.52. The maximum absolute atomic E-state index is 9.00. The number of carbonyl (C=O) groups is 4.